The van der Waals surface area contributed by atoms with Gasteiger partial charge < -0.3 is 10.2 Å². The topological polar surface area (TPSA) is 33.1 Å². The monoisotopic (exact) mass is 304 g/mol. The molecule has 2 aliphatic carbocycles. The van der Waals surface area contributed by atoms with Crippen LogP contribution in [0.5, 0.6) is 0 Å². The van der Waals surface area contributed by atoms with E-state index in [-0.39, 0.29) is 0 Å². The van der Waals surface area contributed by atoms with Crippen LogP contribution in [0, 0.1) is 0 Å². The highest BCUT2D eigenvalue weighted by atomic mass is 15.3. The lowest BCUT2D eigenvalue weighted by Gasteiger charge is -2.22. The molecule has 1 heterocycles. The van der Waals surface area contributed by atoms with Crippen LogP contribution in [0.3, 0.4) is 0 Å². The fourth-order valence-corrected chi connectivity index (χ4v) is 4.28. The van der Waals surface area contributed by atoms with Crippen LogP contribution in [0.25, 0.3) is 0 Å². The van der Waals surface area contributed by atoms with E-state index in [1.165, 1.54) is 62.6 Å². The summed E-state index contributed by atoms with van der Waals surface area (Å²) in [5.74, 6) is 0.699. The Morgan fingerprint density at radius 3 is 2.64 bits per heavy atom. The minimum atomic E-state index is 0.673. The molecule has 0 unspecified atom stereocenters. The third-order valence-electron chi connectivity index (χ3n) is 5.65. The van der Waals surface area contributed by atoms with Gasteiger partial charge in [-0.25, -0.2) is 0 Å². The summed E-state index contributed by atoms with van der Waals surface area (Å²) in [4.78, 5) is 2.37. The normalized spacial score (nSPS) is 26.9. The molecule has 1 N–H and O–H groups in total. The van der Waals surface area contributed by atoms with Crippen LogP contribution >= 0.6 is 0 Å². The summed E-state index contributed by atoms with van der Waals surface area (Å²) in [6.07, 6.45) is 13.0. The van der Waals surface area contributed by atoms with Crippen molar-refractivity contribution >= 4 is 0 Å². The van der Waals surface area contributed by atoms with E-state index in [0.29, 0.717) is 12.0 Å². The molecule has 2 aliphatic rings. The van der Waals surface area contributed by atoms with Crippen molar-refractivity contribution < 1.29 is 0 Å². The molecular formula is C18H32N4. The van der Waals surface area contributed by atoms with E-state index in [1.807, 2.05) is 4.68 Å². The maximum Gasteiger partial charge on any atom is 0.0700 e. The van der Waals surface area contributed by atoms with Gasteiger partial charge >= 0.3 is 0 Å². The molecule has 3 rings (SSSR count). The molecule has 0 amide bonds. The Balaban J connectivity index is 1.58. The zero-order valence-electron chi connectivity index (χ0n) is 14.5. The van der Waals surface area contributed by atoms with Crippen molar-refractivity contribution in [2.75, 3.05) is 14.1 Å². The summed E-state index contributed by atoms with van der Waals surface area (Å²) in [7, 11) is 6.47. The van der Waals surface area contributed by atoms with Gasteiger partial charge in [0.2, 0.25) is 0 Å². The Morgan fingerprint density at radius 1 is 1.18 bits per heavy atom. The summed E-state index contributed by atoms with van der Waals surface area (Å²) < 4.78 is 2.01. The molecule has 1 aromatic heterocycles. The molecule has 4 nitrogen and oxygen atoms in total. The van der Waals surface area contributed by atoms with E-state index in [9.17, 15) is 0 Å². The van der Waals surface area contributed by atoms with Gasteiger partial charge in [-0.3, -0.25) is 4.68 Å². The lowest BCUT2D eigenvalue weighted by atomic mass is 9.85. The van der Waals surface area contributed by atoms with Crippen molar-refractivity contribution in [3.05, 3.63) is 17.5 Å². The minimum absolute atomic E-state index is 0.673. The van der Waals surface area contributed by atoms with Crippen molar-refractivity contribution in [2.24, 2.45) is 7.05 Å². The number of aryl methyl sites for hydroxylation is 1. The van der Waals surface area contributed by atoms with Crippen molar-refractivity contribution in [1.82, 2.24) is 20.0 Å². The molecule has 0 radical (unpaired) electrons. The van der Waals surface area contributed by atoms with Gasteiger partial charge in [-0.05, 0) is 46.2 Å². The first kappa shape index (κ1) is 16.0. The average Bonchev–Trinajstić information content (AvgIpc) is 3.12. The third-order valence-corrected chi connectivity index (χ3v) is 5.65. The van der Waals surface area contributed by atoms with Crippen LogP contribution in [0.2, 0.25) is 0 Å². The van der Waals surface area contributed by atoms with Crippen LogP contribution in [-0.4, -0.2) is 40.9 Å². The number of rotatable bonds is 5. The smallest absolute Gasteiger partial charge is 0.0700 e. The van der Waals surface area contributed by atoms with Gasteiger partial charge in [0, 0.05) is 43.4 Å². The van der Waals surface area contributed by atoms with E-state index in [0.717, 1.165) is 12.6 Å². The number of hydrogen-bond acceptors (Lipinski definition) is 3. The van der Waals surface area contributed by atoms with E-state index < -0.39 is 0 Å². The Kier molecular flexibility index (Phi) is 5.19. The third kappa shape index (κ3) is 3.72. The van der Waals surface area contributed by atoms with Crippen LogP contribution in [0.15, 0.2) is 6.20 Å². The first-order valence-electron chi connectivity index (χ1n) is 9.05. The highest BCUT2D eigenvalue weighted by Gasteiger charge is 2.26. The molecule has 1 aromatic rings. The fourth-order valence-electron chi connectivity index (χ4n) is 4.28. The molecule has 22 heavy (non-hydrogen) atoms. The lowest BCUT2D eigenvalue weighted by Crippen LogP contribution is -2.30. The van der Waals surface area contributed by atoms with E-state index >= 15 is 0 Å². The van der Waals surface area contributed by atoms with E-state index in [4.69, 9.17) is 5.10 Å². The number of hydrogen-bond donors (Lipinski definition) is 1. The highest BCUT2D eigenvalue weighted by molar-refractivity contribution is 5.21. The van der Waals surface area contributed by atoms with Gasteiger partial charge in [-0.1, -0.05) is 19.3 Å². The molecule has 4 heteroatoms. The molecule has 0 saturated heterocycles. The molecular weight excluding hydrogens is 272 g/mol. The summed E-state index contributed by atoms with van der Waals surface area (Å²) in [5.41, 5.74) is 2.81. The Labute approximate surface area is 135 Å². The molecule has 2 fully saturated rings. The Hall–Kier alpha value is -0.870. The standard InChI is InChI=1S/C18H32N4/c1-21(2)17-10-9-16(11-17)19-12-15-13-22(3)20-18(15)14-7-5-4-6-8-14/h13-14,16-17,19H,4-12H2,1-3H3/t16-,17-/m0/s1. The maximum atomic E-state index is 4.79. The van der Waals surface area contributed by atoms with Gasteiger partial charge in [0.05, 0.1) is 5.69 Å². The summed E-state index contributed by atoms with van der Waals surface area (Å²) in [6, 6.07) is 1.43. The van der Waals surface area contributed by atoms with E-state index in [1.54, 1.807) is 0 Å². The van der Waals surface area contributed by atoms with Crippen LogP contribution < -0.4 is 5.32 Å². The number of aromatic nitrogens is 2. The van der Waals surface area contributed by atoms with Gasteiger partial charge in [-0.2, -0.15) is 5.10 Å². The zero-order chi connectivity index (χ0) is 15.5. The fraction of sp³-hybridized carbons (Fsp3) is 0.833. The molecule has 0 aromatic carbocycles. The van der Waals surface area contributed by atoms with Crippen molar-refractivity contribution in [1.29, 1.82) is 0 Å². The average molecular weight is 304 g/mol. The van der Waals surface area contributed by atoms with E-state index in [2.05, 4.69) is 37.6 Å². The van der Waals surface area contributed by atoms with Crippen molar-refractivity contribution in [2.45, 2.75) is 75.9 Å². The van der Waals surface area contributed by atoms with Crippen LogP contribution in [0.1, 0.15) is 68.5 Å². The second-order valence-corrected chi connectivity index (χ2v) is 7.56. The first-order chi connectivity index (χ1) is 10.6. The molecule has 0 bridgehead atoms. The number of nitrogens with one attached hydrogen (secondary N) is 1. The Morgan fingerprint density at radius 2 is 1.95 bits per heavy atom. The van der Waals surface area contributed by atoms with Gasteiger partial charge in [0.25, 0.3) is 0 Å². The van der Waals surface area contributed by atoms with Crippen molar-refractivity contribution in [3.63, 3.8) is 0 Å². The molecule has 0 spiro atoms. The second kappa shape index (κ2) is 7.14. The summed E-state index contributed by atoms with van der Waals surface area (Å²) in [6.45, 7) is 0.991. The van der Waals surface area contributed by atoms with Gasteiger partial charge in [0.1, 0.15) is 0 Å². The van der Waals surface area contributed by atoms with Crippen LogP contribution in [0.4, 0.5) is 0 Å². The molecule has 2 saturated carbocycles. The number of nitrogens with zero attached hydrogens (tertiary/aromatic N) is 3. The quantitative estimate of drug-likeness (QED) is 0.907. The second-order valence-electron chi connectivity index (χ2n) is 7.56. The largest absolute Gasteiger partial charge is 0.310 e. The molecule has 124 valence electrons. The zero-order valence-corrected chi connectivity index (χ0v) is 14.5. The lowest BCUT2D eigenvalue weighted by molar-refractivity contribution is 0.293. The summed E-state index contributed by atoms with van der Waals surface area (Å²) >= 11 is 0. The molecule has 2 atom stereocenters. The van der Waals surface area contributed by atoms with Gasteiger partial charge in [-0.15, -0.1) is 0 Å². The predicted molar refractivity (Wildman–Crippen MR) is 91.0 cm³/mol. The predicted octanol–water partition coefficient (Wildman–Crippen LogP) is 3.04. The first-order valence-corrected chi connectivity index (χ1v) is 9.05. The van der Waals surface area contributed by atoms with Gasteiger partial charge in [0.15, 0.2) is 0 Å². The highest BCUT2D eigenvalue weighted by Crippen LogP contribution is 2.33. The molecule has 0 aliphatic heterocycles. The van der Waals surface area contributed by atoms with Crippen LogP contribution in [-0.2, 0) is 13.6 Å². The van der Waals surface area contributed by atoms with Crippen molar-refractivity contribution in [3.8, 4) is 0 Å². The Bertz CT molecular complexity index is 473. The SMILES string of the molecule is CN(C)[C@H]1CC[C@H](NCc2cn(C)nc2C2CCCCC2)C1. The maximum absolute atomic E-state index is 4.79. The minimum Gasteiger partial charge on any atom is -0.310 e. The summed E-state index contributed by atoms with van der Waals surface area (Å²) in [5, 5.41) is 8.59.